The lowest BCUT2D eigenvalue weighted by molar-refractivity contribution is -0.145. The van der Waals surface area contributed by atoms with E-state index in [-0.39, 0.29) is 47.5 Å². The number of esters is 4. The van der Waals surface area contributed by atoms with Crippen molar-refractivity contribution in [3.63, 3.8) is 0 Å². The number of rotatable bonds is 8. The van der Waals surface area contributed by atoms with E-state index in [0.717, 1.165) is 11.1 Å². The van der Waals surface area contributed by atoms with Gasteiger partial charge in [-0.25, -0.2) is 0 Å². The third-order valence-corrected chi connectivity index (χ3v) is 8.53. The third kappa shape index (κ3) is 8.34. The minimum Gasteiger partial charge on any atom is -0.426 e. The number of benzene rings is 3. The van der Waals surface area contributed by atoms with Crippen LogP contribution in [0.15, 0.2) is 72.8 Å². The Morgan fingerprint density at radius 3 is 0.773 bits per heavy atom. The predicted molar refractivity (Wildman–Crippen MR) is 162 cm³/mol. The highest BCUT2D eigenvalue weighted by Gasteiger charge is 2.33. The molecule has 8 heteroatoms. The summed E-state index contributed by atoms with van der Waals surface area (Å²) in [5.41, 5.74) is 2.18. The molecule has 2 saturated carbocycles. The Balaban J connectivity index is 1.02. The van der Waals surface area contributed by atoms with Crippen molar-refractivity contribution < 1.29 is 38.1 Å². The largest absolute Gasteiger partial charge is 0.426 e. The van der Waals surface area contributed by atoms with Gasteiger partial charge in [0.1, 0.15) is 23.0 Å². The quantitative estimate of drug-likeness (QED) is 0.203. The Labute approximate surface area is 257 Å². The lowest BCUT2D eigenvalue weighted by Crippen LogP contribution is -2.30. The van der Waals surface area contributed by atoms with Crippen molar-refractivity contribution in [2.45, 2.75) is 65.2 Å². The van der Waals surface area contributed by atoms with E-state index in [1.54, 1.807) is 48.5 Å². The molecule has 0 atom stereocenters. The Kier molecular flexibility index (Phi) is 10.1. The summed E-state index contributed by atoms with van der Waals surface area (Å²) in [4.78, 5) is 50.6. The van der Waals surface area contributed by atoms with Crippen molar-refractivity contribution in [1.29, 1.82) is 0 Å². The highest BCUT2D eigenvalue weighted by molar-refractivity contribution is 5.79. The molecule has 3 aromatic rings. The molecular weight excluding hydrogens is 560 g/mol. The van der Waals surface area contributed by atoms with Crippen molar-refractivity contribution in [1.82, 2.24) is 0 Å². The first-order valence-corrected chi connectivity index (χ1v) is 15.3. The molecule has 2 aliphatic rings. The van der Waals surface area contributed by atoms with Crippen LogP contribution in [0.5, 0.6) is 23.0 Å². The molecule has 0 N–H and O–H groups in total. The molecule has 0 spiro atoms. The Morgan fingerprint density at radius 1 is 0.386 bits per heavy atom. The second-order valence-corrected chi connectivity index (χ2v) is 11.9. The first kappa shape index (κ1) is 31.0. The van der Waals surface area contributed by atoms with Crippen molar-refractivity contribution in [3.8, 4) is 23.0 Å². The van der Waals surface area contributed by atoms with Gasteiger partial charge in [-0.3, -0.25) is 19.2 Å². The van der Waals surface area contributed by atoms with E-state index in [9.17, 15) is 19.2 Å². The molecule has 0 aliphatic heterocycles. The van der Waals surface area contributed by atoms with E-state index < -0.39 is 0 Å². The van der Waals surface area contributed by atoms with Crippen LogP contribution in [0.25, 0.3) is 0 Å². The van der Waals surface area contributed by atoms with Crippen LogP contribution in [-0.4, -0.2) is 23.9 Å². The minimum absolute atomic E-state index is 0.239. The summed E-state index contributed by atoms with van der Waals surface area (Å²) in [5.74, 6) is -0.477. The fourth-order valence-electron chi connectivity index (χ4n) is 5.72. The minimum atomic E-state index is -0.335. The van der Waals surface area contributed by atoms with E-state index in [4.69, 9.17) is 18.9 Å². The molecule has 0 heterocycles. The molecule has 0 amide bonds. The first-order valence-electron chi connectivity index (χ1n) is 15.3. The van der Waals surface area contributed by atoms with Crippen molar-refractivity contribution in [2.24, 2.45) is 23.7 Å². The average Bonchev–Trinajstić information content (AvgIpc) is 3.04. The second-order valence-electron chi connectivity index (χ2n) is 11.9. The summed E-state index contributed by atoms with van der Waals surface area (Å²) >= 11 is 0. The Bertz CT molecular complexity index is 1330. The number of ether oxygens (including phenoxy) is 4. The Morgan fingerprint density at radius 2 is 0.568 bits per heavy atom. The highest BCUT2D eigenvalue weighted by atomic mass is 16.5. The highest BCUT2D eigenvalue weighted by Crippen LogP contribution is 2.33. The molecule has 3 aromatic carbocycles. The molecule has 0 saturated heterocycles. The van der Waals surface area contributed by atoms with Gasteiger partial charge < -0.3 is 18.9 Å². The number of carbonyl (C=O) groups excluding carboxylic acids is 4. The van der Waals surface area contributed by atoms with Gasteiger partial charge in [0.2, 0.25) is 0 Å². The molecular formula is C36H38O8. The fraction of sp³-hybridized carbons (Fsp3) is 0.389. The van der Waals surface area contributed by atoms with Crippen LogP contribution in [0.2, 0.25) is 0 Å². The van der Waals surface area contributed by atoms with Gasteiger partial charge in [0, 0.05) is 0 Å². The van der Waals surface area contributed by atoms with Crippen molar-refractivity contribution >= 4 is 23.9 Å². The maximum Gasteiger partial charge on any atom is 0.314 e. The molecule has 2 aliphatic carbocycles. The SMILES string of the molecule is Cc1ccc(OC(=O)C2CCC(C(=O)Oc3ccc(OC(=O)C4CCC(C(=O)Oc5ccc(C)cc5)CC4)cc3)CC2)cc1. The maximum absolute atomic E-state index is 12.8. The zero-order valence-electron chi connectivity index (χ0n) is 25.2. The topological polar surface area (TPSA) is 105 Å². The van der Waals surface area contributed by atoms with Gasteiger partial charge in [0.15, 0.2) is 0 Å². The van der Waals surface area contributed by atoms with Gasteiger partial charge in [-0.1, -0.05) is 35.4 Å². The molecule has 2 fully saturated rings. The fourth-order valence-corrected chi connectivity index (χ4v) is 5.72. The summed E-state index contributed by atoms with van der Waals surface area (Å²) in [7, 11) is 0. The van der Waals surface area contributed by atoms with Crippen LogP contribution < -0.4 is 18.9 Å². The van der Waals surface area contributed by atoms with E-state index in [1.165, 1.54) is 0 Å². The lowest BCUT2D eigenvalue weighted by atomic mass is 9.82. The molecule has 0 unspecified atom stereocenters. The van der Waals surface area contributed by atoms with Crippen LogP contribution in [0, 0.1) is 37.5 Å². The molecule has 8 nitrogen and oxygen atoms in total. The van der Waals surface area contributed by atoms with Gasteiger partial charge >= 0.3 is 23.9 Å². The molecule has 44 heavy (non-hydrogen) atoms. The monoisotopic (exact) mass is 598 g/mol. The van der Waals surface area contributed by atoms with Crippen molar-refractivity contribution in [2.75, 3.05) is 0 Å². The van der Waals surface area contributed by atoms with E-state index in [1.807, 2.05) is 38.1 Å². The zero-order valence-corrected chi connectivity index (χ0v) is 25.2. The predicted octanol–water partition coefficient (Wildman–Crippen LogP) is 6.94. The molecule has 5 rings (SSSR count). The second kappa shape index (κ2) is 14.3. The standard InChI is InChI=1S/C36H38O8/c1-23-3-15-29(16-4-23)41-33(37)25-7-11-27(12-8-25)35(39)43-31-19-21-32(22-20-31)44-36(40)28-13-9-26(10-14-28)34(38)42-30-17-5-24(2)6-18-30/h3-6,15-22,25-28H,7-14H2,1-2H3. The maximum atomic E-state index is 12.8. The number of hydrogen-bond donors (Lipinski definition) is 0. The summed E-state index contributed by atoms with van der Waals surface area (Å²) in [6.07, 6.45) is 4.46. The smallest absolute Gasteiger partial charge is 0.314 e. The molecule has 0 aromatic heterocycles. The molecule has 0 bridgehead atoms. The van der Waals surface area contributed by atoms with Crippen molar-refractivity contribution in [3.05, 3.63) is 83.9 Å². The number of hydrogen-bond acceptors (Lipinski definition) is 8. The van der Waals surface area contributed by atoms with Gasteiger partial charge in [0.25, 0.3) is 0 Å². The first-order chi connectivity index (χ1) is 21.2. The van der Waals surface area contributed by atoms with Gasteiger partial charge in [-0.15, -0.1) is 0 Å². The molecule has 230 valence electrons. The summed E-state index contributed by atoms with van der Waals surface area (Å²) in [6.45, 7) is 3.94. The number of carbonyl (C=O) groups is 4. The van der Waals surface area contributed by atoms with E-state index in [2.05, 4.69) is 0 Å². The average molecular weight is 599 g/mol. The van der Waals surface area contributed by atoms with Gasteiger partial charge in [-0.2, -0.15) is 0 Å². The summed E-state index contributed by atoms with van der Waals surface area (Å²) in [5, 5.41) is 0. The lowest BCUT2D eigenvalue weighted by Gasteiger charge is -2.26. The third-order valence-electron chi connectivity index (χ3n) is 8.53. The van der Waals surface area contributed by atoms with Crippen LogP contribution in [0.1, 0.15) is 62.5 Å². The van der Waals surface area contributed by atoms with Crippen LogP contribution in [0.3, 0.4) is 0 Å². The molecule has 0 radical (unpaired) electrons. The Hall–Kier alpha value is -4.46. The van der Waals surface area contributed by atoms with E-state index in [0.29, 0.717) is 74.4 Å². The van der Waals surface area contributed by atoms with Gasteiger partial charge in [0.05, 0.1) is 23.7 Å². The van der Waals surface area contributed by atoms with Crippen LogP contribution >= 0.6 is 0 Å². The van der Waals surface area contributed by atoms with E-state index >= 15 is 0 Å². The summed E-state index contributed by atoms with van der Waals surface area (Å²) < 4.78 is 22.2. The van der Waals surface area contributed by atoms with Crippen LogP contribution in [0.4, 0.5) is 0 Å². The van der Waals surface area contributed by atoms with Gasteiger partial charge in [-0.05, 0) is 114 Å². The normalized spacial score (nSPS) is 21.5. The zero-order chi connectivity index (χ0) is 31.1. The van der Waals surface area contributed by atoms with Crippen LogP contribution in [-0.2, 0) is 19.2 Å². The summed E-state index contributed by atoms with van der Waals surface area (Å²) in [6, 6.07) is 21.1. The number of aryl methyl sites for hydroxylation is 2.